The molecule has 0 spiro atoms. The molecule has 1 amide bonds. The Morgan fingerprint density at radius 1 is 1.28 bits per heavy atom. The highest BCUT2D eigenvalue weighted by Crippen LogP contribution is 2.40. The fourth-order valence-corrected chi connectivity index (χ4v) is 4.21. The van der Waals surface area contributed by atoms with Crippen LogP contribution in [0.25, 0.3) is 0 Å². The zero-order valence-electron chi connectivity index (χ0n) is 15.7. The number of unbranched alkanes of at least 4 members (excludes halogenated alkanes) is 4. The van der Waals surface area contributed by atoms with E-state index < -0.39 is 0 Å². The molecule has 2 unspecified atom stereocenters. The van der Waals surface area contributed by atoms with E-state index in [9.17, 15) is 4.79 Å². The summed E-state index contributed by atoms with van der Waals surface area (Å²) < 4.78 is 5.51. The van der Waals surface area contributed by atoms with Crippen molar-refractivity contribution in [2.24, 2.45) is 0 Å². The zero-order chi connectivity index (χ0) is 17.6. The number of piperidine rings is 1. The molecule has 2 aliphatic rings. The van der Waals surface area contributed by atoms with E-state index in [4.69, 9.17) is 4.74 Å². The minimum atomic E-state index is -0.326. The van der Waals surface area contributed by atoms with Crippen molar-refractivity contribution < 1.29 is 9.53 Å². The maximum absolute atomic E-state index is 12.0. The lowest BCUT2D eigenvalue weighted by atomic mass is 9.75. The van der Waals surface area contributed by atoms with E-state index in [2.05, 4.69) is 36.3 Å². The van der Waals surface area contributed by atoms with Crippen molar-refractivity contribution in [1.29, 1.82) is 0 Å². The normalized spacial score (nSPS) is 22.3. The van der Waals surface area contributed by atoms with Crippen molar-refractivity contribution in [3.05, 3.63) is 29.3 Å². The second-order valence-corrected chi connectivity index (χ2v) is 7.65. The Kier molecular flexibility index (Phi) is 6.35. The average molecular weight is 344 g/mol. The number of rotatable bonds is 7. The third-order valence-corrected chi connectivity index (χ3v) is 5.78. The van der Waals surface area contributed by atoms with Gasteiger partial charge >= 0.3 is 6.09 Å². The topological polar surface area (TPSA) is 41.6 Å². The highest BCUT2D eigenvalue weighted by Gasteiger charge is 2.33. The molecule has 25 heavy (non-hydrogen) atoms. The number of hydrogen-bond donors (Lipinski definition) is 1. The van der Waals surface area contributed by atoms with E-state index in [0.717, 1.165) is 12.8 Å². The van der Waals surface area contributed by atoms with Gasteiger partial charge < -0.3 is 15.0 Å². The number of nitrogens with one attached hydrogen (secondary N) is 1. The van der Waals surface area contributed by atoms with Crippen molar-refractivity contribution in [2.75, 3.05) is 20.1 Å². The fourth-order valence-electron chi connectivity index (χ4n) is 4.21. The number of likely N-dealkylation sites (tertiary alicyclic amines) is 1. The van der Waals surface area contributed by atoms with Crippen LogP contribution < -0.4 is 10.1 Å². The number of carbonyl (C=O) groups is 1. The summed E-state index contributed by atoms with van der Waals surface area (Å²) in [6.07, 6.45) is 9.18. The van der Waals surface area contributed by atoms with E-state index in [1.165, 1.54) is 56.2 Å². The first-order chi connectivity index (χ1) is 12.2. The van der Waals surface area contributed by atoms with Crippen LogP contribution in [0.2, 0.25) is 0 Å². The zero-order valence-corrected chi connectivity index (χ0v) is 15.7. The van der Waals surface area contributed by atoms with E-state index in [-0.39, 0.29) is 6.09 Å². The standard InChI is InChI=1S/C21H32N2O2/c1-3-4-5-6-7-11-22-21(24)25-19-9-8-16-13-18-14-17(20(16)15-19)10-12-23(18)2/h8-9,15,17-18H,3-7,10-14H2,1-2H3,(H,22,24). The lowest BCUT2D eigenvalue weighted by Gasteiger charge is -2.42. The molecule has 0 radical (unpaired) electrons. The Morgan fingerprint density at radius 3 is 2.96 bits per heavy atom. The van der Waals surface area contributed by atoms with Gasteiger partial charge in [0.2, 0.25) is 0 Å². The Bertz CT molecular complexity index is 587. The van der Waals surface area contributed by atoms with Crippen LogP contribution in [-0.2, 0) is 6.42 Å². The third-order valence-electron chi connectivity index (χ3n) is 5.78. The first kappa shape index (κ1) is 18.2. The Hall–Kier alpha value is -1.55. The molecule has 1 N–H and O–H groups in total. The molecule has 1 fully saturated rings. The van der Waals surface area contributed by atoms with Crippen LogP contribution in [0.3, 0.4) is 0 Å². The summed E-state index contributed by atoms with van der Waals surface area (Å²) >= 11 is 0. The largest absolute Gasteiger partial charge is 0.412 e. The van der Waals surface area contributed by atoms with Gasteiger partial charge in [0.05, 0.1) is 0 Å². The van der Waals surface area contributed by atoms with Crippen LogP contribution in [-0.4, -0.2) is 37.2 Å². The summed E-state index contributed by atoms with van der Waals surface area (Å²) in [4.78, 5) is 14.5. The number of fused-ring (bicyclic) bond motifs is 4. The van der Waals surface area contributed by atoms with Gasteiger partial charge in [0.1, 0.15) is 5.75 Å². The summed E-state index contributed by atoms with van der Waals surface area (Å²) in [5.74, 6) is 1.30. The van der Waals surface area contributed by atoms with Crippen molar-refractivity contribution in [2.45, 2.75) is 70.3 Å². The SMILES string of the molecule is CCCCCCCNC(=O)Oc1ccc2c(c1)C1CCN(C)C(C2)C1. The number of benzene rings is 1. The van der Waals surface area contributed by atoms with Crippen molar-refractivity contribution in [1.82, 2.24) is 10.2 Å². The second-order valence-electron chi connectivity index (χ2n) is 7.65. The van der Waals surface area contributed by atoms with Crippen molar-refractivity contribution in [3.63, 3.8) is 0 Å². The number of amides is 1. The lowest BCUT2D eigenvalue weighted by molar-refractivity contribution is 0.156. The van der Waals surface area contributed by atoms with Gasteiger partial charge in [-0.05, 0) is 68.5 Å². The molecule has 2 bridgehead atoms. The van der Waals surface area contributed by atoms with Crippen LogP contribution in [0.15, 0.2) is 18.2 Å². The number of ether oxygens (including phenoxy) is 1. The Labute approximate surface area is 151 Å². The maximum Gasteiger partial charge on any atom is 0.412 e. The number of hydrogen-bond acceptors (Lipinski definition) is 3. The van der Waals surface area contributed by atoms with E-state index >= 15 is 0 Å². The summed E-state index contributed by atoms with van der Waals surface area (Å²) in [6.45, 7) is 4.07. The molecule has 0 aromatic heterocycles. The molecule has 0 saturated carbocycles. The highest BCUT2D eigenvalue weighted by molar-refractivity contribution is 5.70. The van der Waals surface area contributed by atoms with Crippen LogP contribution in [0.4, 0.5) is 4.79 Å². The quantitative estimate of drug-likeness (QED) is 0.742. The molecule has 1 aliphatic carbocycles. The van der Waals surface area contributed by atoms with Gasteiger partial charge in [-0.25, -0.2) is 4.79 Å². The molecular formula is C21H32N2O2. The summed E-state index contributed by atoms with van der Waals surface area (Å²) in [6, 6.07) is 6.87. The molecule has 2 atom stereocenters. The second kappa shape index (κ2) is 8.70. The van der Waals surface area contributed by atoms with Gasteiger partial charge in [-0.2, -0.15) is 0 Å². The minimum Gasteiger partial charge on any atom is -0.410 e. The average Bonchev–Trinajstić information content (AvgIpc) is 2.61. The molecule has 138 valence electrons. The van der Waals surface area contributed by atoms with E-state index in [0.29, 0.717) is 24.3 Å². The third kappa shape index (κ3) is 4.75. The molecule has 4 nitrogen and oxygen atoms in total. The van der Waals surface area contributed by atoms with Crippen LogP contribution >= 0.6 is 0 Å². The van der Waals surface area contributed by atoms with Gasteiger partial charge in [0.15, 0.2) is 0 Å². The van der Waals surface area contributed by atoms with Gasteiger partial charge in [-0.15, -0.1) is 0 Å². The number of nitrogens with zero attached hydrogens (tertiary/aromatic N) is 1. The summed E-state index contributed by atoms with van der Waals surface area (Å²) in [5, 5.41) is 2.87. The molecule has 3 rings (SSSR count). The Balaban J connectivity index is 1.50. The molecule has 1 aliphatic heterocycles. The predicted molar refractivity (Wildman–Crippen MR) is 101 cm³/mol. The molecule has 1 saturated heterocycles. The highest BCUT2D eigenvalue weighted by atomic mass is 16.6. The molecule has 1 heterocycles. The van der Waals surface area contributed by atoms with Crippen LogP contribution in [0, 0.1) is 0 Å². The summed E-state index contributed by atoms with van der Waals surface area (Å²) in [5.41, 5.74) is 2.82. The number of likely N-dealkylation sites (N-methyl/N-ethyl adjacent to an activating group) is 1. The Morgan fingerprint density at radius 2 is 2.12 bits per heavy atom. The van der Waals surface area contributed by atoms with Gasteiger partial charge in [0, 0.05) is 12.6 Å². The van der Waals surface area contributed by atoms with Crippen molar-refractivity contribution >= 4 is 6.09 Å². The van der Waals surface area contributed by atoms with Gasteiger partial charge in [-0.3, -0.25) is 0 Å². The van der Waals surface area contributed by atoms with E-state index in [1.807, 2.05) is 6.07 Å². The summed E-state index contributed by atoms with van der Waals surface area (Å²) in [7, 11) is 2.23. The van der Waals surface area contributed by atoms with Crippen LogP contribution in [0.5, 0.6) is 5.75 Å². The smallest absolute Gasteiger partial charge is 0.410 e. The molecule has 4 heteroatoms. The number of carbonyl (C=O) groups excluding carboxylic acids is 1. The van der Waals surface area contributed by atoms with Crippen LogP contribution in [0.1, 0.15) is 68.9 Å². The monoisotopic (exact) mass is 344 g/mol. The van der Waals surface area contributed by atoms with E-state index in [1.54, 1.807) is 0 Å². The predicted octanol–water partition coefficient (Wildman–Crippen LogP) is 4.48. The van der Waals surface area contributed by atoms with Gasteiger partial charge in [-0.1, -0.05) is 38.7 Å². The first-order valence-electron chi connectivity index (χ1n) is 9.96. The first-order valence-corrected chi connectivity index (χ1v) is 9.96. The lowest BCUT2D eigenvalue weighted by Crippen LogP contribution is -2.43. The minimum absolute atomic E-state index is 0.326. The van der Waals surface area contributed by atoms with Crippen molar-refractivity contribution in [3.8, 4) is 5.75 Å². The maximum atomic E-state index is 12.0. The van der Waals surface area contributed by atoms with Gasteiger partial charge in [0.25, 0.3) is 0 Å². The molecule has 1 aromatic rings. The molecular weight excluding hydrogens is 312 g/mol. The molecule has 1 aromatic carbocycles. The fraction of sp³-hybridized carbons (Fsp3) is 0.667.